The number of aliphatic imine (C=N–C) groups is 1. The summed E-state index contributed by atoms with van der Waals surface area (Å²) in [6, 6.07) is 15.6. The molecule has 138 valence electrons. The van der Waals surface area contributed by atoms with Crippen LogP contribution in [-0.2, 0) is 9.53 Å². The second kappa shape index (κ2) is 9.93. The van der Waals surface area contributed by atoms with Gasteiger partial charge in [0.2, 0.25) is 0 Å². The van der Waals surface area contributed by atoms with Crippen molar-refractivity contribution in [1.29, 1.82) is 0 Å². The number of carbonyl (C=O) groups is 2. The number of rotatable bonds is 5. The molecule has 1 N–H and O–H groups in total. The van der Waals surface area contributed by atoms with Crippen LogP contribution in [0.1, 0.15) is 35.3 Å². The summed E-state index contributed by atoms with van der Waals surface area (Å²) >= 11 is 0. The normalized spacial score (nSPS) is 11.7. The van der Waals surface area contributed by atoms with E-state index in [0.717, 1.165) is 11.1 Å². The summed E-state index contributed by atoms with van der Waals surface area (Å²) in [5, 5.41) is 2.67. The van der Waals surface area contributed by atoms with Crippen LogP contribution < -0.4 is 5.32 Å². The van der Waals surface area contributed by atoms with Crippen LogP contribution in [0.3, 0.4) is 0 Å². The number of nitrogens with one attached hydrogen (secondary N) is 1. The highest BCUT2D eigenvalue weighted by atomic mass is 16.5. The van der Waals surface area contributed by atoms with Gasteiger partial charge in [0.15, 0.2) is 6.04 Å². The Morgan fingerprint density at radius 3 is 2.19 bits per heavy atom. The van der Waals surface area contributed by atoms with Crippen LogP contribution in [0.2, 0.25) is 0 Å². The Balaban J connectivity index is 2.11. The first kappa shape index (κ1) is 19.9. The lowest BCUT2D eigenvalue weighted by molar-refractivity contribution is -0.141. The minimum Gasteiger partial charge on any atom is -0.467 e. The van der Waals surface area contributed by atoms with Crippen molar-refractivity contribution in [3.05, 3.63) is 71.3 Å². The molecular formula is C22H22N2O3. The largest absolute Gasteiger partial charge is 0.467 e. The Morgan fingerprint density at radius 2 is 1.63 bits per heavy atom. The van der Waals surface area contributed by atoms with Crippen molar-refractivity contribution in [2.45, 2.75) is 19.9 Å². The Bertz CT molecular complexity index is 875. The maximum absolute atomic E-state index is 12.5. The standard InChI is InChI=1S/C22H22N2O3/c1-4-23-16(2)20(22(26)27-3)24-21(25)19-14-12-18(13-15-19)11-10-17-8-6-5-7-9-17/h5-9,12-15,20H,4H2,1-3H3,(H,24,25). The van der Waals surface area contributed by atoms with Gasteiger partial charge >= 0.3 is 5.97 Å². The van der Waals surface area contributed by atoms with E-state index in [1.54, 1.807) is 31.2 Å². The summed E-state index contributed by atoms with van der Waals surface area (Å²) < 4.78 is 4.76. The predicted octanol–water partition coefficient (Wildman–Crippen LogP) is 2.84. The predicted molar refractivity (Wildman–Crippen MR) is 106 cm³/mol. The molecule has 1 unspecified atom stereocenters. The average molecular weight is 362 g/mol. The zero-order valence-corrected chi connectivity index (χ0v) is 15.7. The smallest absolute Gasteiger partial charge is 0.334 e. The van der Waals surface area contributed by atoms with Gasteiger partial charge < -0.3 is 10.1 Å². The maximum Gasteiger partial charge on any atom is 0.334 e. The molecule has 2 rings (SSSR count). The molecule has 0 bridgehead atoms. The first-order chi connectivity index (χ1) is 13.0. The zero-order chi connectivity index (χ0) is 19.6. The van der Waals surface area contributed by atoms with Gasteiger partial charge in [-0.15, -0.1) is 0 Å². The molecule has 5 heteroatoms. The average Bonchev–Trinajstić information content (AvgIpc) is 2.71. The number of amides is 1. The first-order valence-electron chi connectivity index (χ1n) is 8.62. The molecule has 0 aromatic heterocycles. The van der Waals surface area contributed by atoms with Gasteiger partial charge in [-0.1, -0.05) is 30.0 Å². The molecule has 2 aromatic carbocycles. The lowest BCUT2D eigenvalue weighted by atomic mass is 10.1. The van der Waals surface area contributed by atoms with Crippen molar-refractivity contribution in [3.8, 4) is 11.8 Å². The molecule has 27 heavy (non-hydrogen) atoms. The quantitative estimate of drug-likeness (QED) is 0.505. The van der Waals surface area contributed by atoms with Gasteiger partial charge in [0.25, 0.3) is 5.91 Å². The summed E-state index contributed by atoms with van der Waals surface area (Å²) in [5.74, 6) is 5.19. The molecule has 0 aliphatic rings. The summed E-state index contributed by atoms with van der Waals surface area (Å²) in [6.07, 6.45) is 0. The van der Waals surface area contributed by atoms with Crippen molar-refractivity contribution >= 4 is 17.6 Å². The third-order valence-corrected chi connectivity index (χ3v) is 3.81. The third-order valence-electron chi connectivity index (χ3n) is 3.81. The molecule has 0 aliphatic heterocycles. The number of benzene rings is 2. The molecular weight excluding hydrogens is 340 g/mol. The molecule has 0 spiro atoms. The SMILES string of the molecule is CCN=C(C)C(NC(=O)c1ccc(C#Cc2ccccc2)cc1)C(=O)OC. The lowest BCUT2D eigenvalue weighted by Gasteiger charge is -2.16. The number of hydrogen-bond donors (Lipinski definition) is 1. The Hall–Kier alpha value is -3.39. The van der Waals surface area contributed by atoms with E-state index in [-0.39, 0.29) is 5.91 Å². The fraction of sp³-hybridized carbons (Fsp3) is 0.227. The third kappa shape index (κ3) is 5.82. The number of carbonyl (C=O) groups excluding carboxylic acids is 2. The van der Waals surface area contributed by atoms with Gasteiger partial charge in [0, 0.05) is 28.9 Å². The number of esters is 1. The fourth-order valence-corrected chi connectivity index (χ4v) is 2.38. The van der Waals surface area contributed by atoms with E-state index in [4.69, 9.17) is 4.74 Å². The Morgan fingerprint density at radius 1 is 1.04 bits per heavy atom. The highest BCUT2D eigenvalue weighted by Crippen LogP contribution is 2.06. The van der Waals surface area contributed by atoms with E-state index in [9.17, 15) is 9.59 Å². The van der Waals surface area contributed by atoms with Crippen molar-refractivity contribution in [1.82, 2.24) is 5.32 Å². The molecule has 0 radical (unpaired) electrons. The summed E-state index contributed by atoms with van der Waals surface area (Å²) in [5.41, 5.74) is 2.65. The van der Waals surface area contributed by atoms with E-state index >= 15 is 0 Å². The van der Waals surface area contributed by atoms with Gasteiger partial charge in [0.1, 0.15) is 0 Å². The van der Waals surface area contributed by atoms with Crippen molar-refractivity contribution in [2.75, 3.05) is 13.7 Å². The second-order valence-corrected chi connectivity index (χ2v) is 5.74. The first-order valence-corrected chi connectivity index (χ1v) is 8.62. The van der Waals surface area contributed by atoms with Crippen molar-refractivity contribution < 1.29 is 14.3 Å². The Kier molecular flexibility index (Phi) is 7.33. The maximum atomic E-state index is 12.5. The van der Waals surface area contributed by atoms with Crippen LogP contribution >= 0.6 is 0 Å². The highest BCUT2D eigenvalue weighted by molar-refractivity contribution is 6.09. The lowest BCUT2D eigenvalue weighted by Crippen LogP contribution is -2.46. The minimum atomic E-state index is -0.903. The topological polar surface area (TPSA) is 67.8 Å². The van der Waals surface area contributed by atoms with Gasteiger partial charge in [0.05, 0.1) is 7.11 Å². The van der Waals surface area contributed by atoms with E-state index in [1.807, 2.05) is 37.3 Å². The second-order valence-electron chi connectivity index (χ2n) is 5.74. The molecule has 0 heterocycles. The highest BCUT2D eigenvalue weighted by Gasteiger charge is 2.24. The molecule has 0 aliphatic carbocycles. The van der Waals surface area contributed by atoms with E-state index in [1.165, 1.54) is 7.11 Å². The molecule has 0 fully saturated rings. The van der Waals surface area contributed by atoms with Crippen LogP contribution in [0.15, 0.2) is 59.6 Å². The molecule has 2 aromatic rings. The molecule has 1 atom stereocenters. The number of nitrogens with zero attached hydrogens (tertiary/aromatic N) is 1. The van der Waals surface area contributed by atoms with Crippen molar-refractivity contribution in [2.24, 2.45) is 4.99 Å². The molecule has 5 nitrogen and oxygen atoms in total. The summed E-state index contributed by atoms with van der Waals surface area (Å²) in [4.78, 5) is 28.6. The van der Waals surface area contributed by atoms with E-state index in [0.29, 0.717) is 17.8 Å². The molecule has 0 saturated carbocycles. The fourth-order valence-electron chi connectivity index (χ4n) is 2.38. The van der Waals surface area contributed by atoms with Crippen LogP contribution in [0.5, 0.6) is 0 Å². The van der Waals surface area contributed by atoms with Crippen LogP contribution in [0.4, 0.5) is 0 Å². The summed E-state index contributed by atoms with van der Waals surface area (Å²) in [6.45, 7) is 4.06. The van der Waals surface area contributed by atoms with Gasteiger partial charge in [-0.05, 0) is 50.2 Å². The minimum absolute atomic E-state index is 0.376. The Labute approximate surface area is 159 Å². The van der Waals surface area contributed by atoms with Gasteiger partial charge in [-0.25, -0.2) is 4.79 Å². The molecule has 0 saturated heterocycles. The van der Waals surface area contributed by atoms with E-state index < -0.39 is 12.0 Å². The number of hydrogen-bond acceptors (Lipinski definition) is 4. The number of ether oxygens (including phenoxy) is 1. The summed E-state index contributed by atoms with van der Waals surface area (Å²) in [7, 11) is 1.28. The number of methoxy groups -OCH3 is 1. The molecule has 1 amide bonds. The van der Waals surface area contributed by atoms with Crippen LogP contribution in [0, 0.1) is 11.8 Å². The van der Waals surface area contributed by atoms with Crippen LogP contribution in [-0.4, -0.2) is 37.3 Å². The van der Waals surface area contributed by atoms with E-state index in [2.05, 4.69) is 22.2 Å². The van der Waals surface area contributed by atoms with Gasteiger partial charge in [-0.3, -0.25) is 9.79 Å². The van der Waals surface area contributed by atoms with Gasteiger partial charge in [-0.2, -0.15) is 0 Å². The van der Waals surface area contributed by atoms with Crippen molar-refractivity contribution in [3.63, 3.8) is 0 Å². The van der Waals surface area contributed by atoms with Crippen LogP contribution in [0.25, 0.3) is 0 Å². The zero-order valence-electron chi connectivity index (χ0n) is 15.7. The monoisotopic (exact) mass is 362 g/mol.